The standard InChI is InChI=1S/C32H41F3/c1-3-4-5-6-23-7-11-25(12-8-23)27-15-17-28(18-16-27)26-13-9-24(10-14-26)19-22(2)29-20-30(33)32(35)31(34)21-29/h9-10,13-14,19-21,23,25,27-28H,3-8,11-12,15-18H2,1-2H3. The lowest BCUT2D eigenvalue weighted by molar-refractivity contribution is 0.155. The topological polar surface area (TPSA) is 0 Å². The Hall–Kier alpha value is -2.03. The second-order valence-electron chi connectivity index (χ2n) is 11.1. The van der Waals surface area contributed by atoms with Crippen LogP contribution in [0, 0.1) is 35.2 Å². The minimum atomic E-state index is -1.42. The molecule has 3 heteroatoms. The van der Waals surface area contributed by atoms with Gasteiger partial charge in [-0.15, -0.1) is 0 Å². The van der Waals surface area contributed by atoms with E-state index < -0.39 is 17.5 Å². The van der Waals surface area contributed by atoms with Crippen LogP contribution in [0.25, 0.3) is 11.6 Å². The SMILES string of the molecule is CCCCCC1CCC(C2CCC(c3ccc(C=C(C)c4cc(F)c(F)c(F)c4)cc3)CC2)CC1. The Morgan fingerprint density at radius 2 is 1.37 bits per heavy atom. The minimum absolute atomic E-state index is 0.360. The lowest BCUT2D eigenvalue weighted by Gasteiger charge is -2.38. The fraction of sp³-hybridized carbons (Fsp3) is 0.562. The van der Waals surface area contributed by atoms with Crippen molar-refractivity contribution in [1.82, 2.24) is 0 Å². The van der Waals surface area contributed by atoms with Gasteiger partial charge in [0, 0.05) is 0 Å². The third-order valence-corrected chi connectivity index (χ3v) is 8.78. The highest BCUT2D eigenvalue weighted by atomic mass is 19.2. The number of halogens is 3. The maximum atomic E-state index is 13.6. The summed E-state index contributed by atoms with van der Waals surface area (Å²) in [5, 5.41) is 0. The van der Waals surface area contributed by atoms with Crippen LogP contribution < -0.4 is 0 Å². The zero-order chi connectivity index (χ0) is 24.8. The van der Waals surface area contributed by atoms with E-state index in [1.807, 2.05) is 6.08 Å². The summed E-state index contributed by atoms with van der Waals surface area (Å²) in [4.78, 5) is 0. The van der Waals surface area contributed by atoms with Gasteiger partial charge >= 0.3 is 0 Å². The van der Waals surface area contributed by atoms with Gasteiger partial charge in [0.05, 0.1) is 0 Å². The highest BCUT2D eigenvalue weighted by molar-refractivity contribution is 5.80. The van der Waals surface area contributed by atoms with Crippen LogP contribution in [-0.2, 0) is 0 Å². The van der Waals surface area contributed by atoms with E-state index in [0.717, 1.165) is 35.4 Å². The summed E-state index contributed by atoms with van der Waals surface area (Å²) >= 11 is 0. The van der Waals surface area contributed by atoms with Gasteiger partial charge in [-0.3, -0.25) is 0 Å². The largest absolute Gasteiger partial charge is 0.204 e. The number of benzene rings is 2. The molecule has 0 spiro atoms. The number of rotatable bonds is 8. The Balaban J connectivity index is 1.28. The molecule has 0 aliphatic heterocycles. The molecule has 2 fully saturated rings. The summed E-state index contributed by atoms with van der Waals surface area (Å²) in [5.74, 6) is -0.227. The Kier molecular flexibility index (Phi) is 9.14. The first-order valence-electron chi connectivity index (χ1n) is 13.9. The molecule has 0 bridgehead atoms. The Morgan fingerprint density at radius 1 is 0.800 bits per heavy atom. The van der Waals surface area contributed by atoms with Crippen LogP contribution in [0.5, 0.6) is 0 Å². The first kappa shape index (κ1) is 26.0. The lowest BCUT2D eigenvalue weighted by atomic mass is 9.68. The first-order valence-corrected chi connectivity index (χ1v) is 13.9. The average molecular weight is 483 g/mol. The molecule has 0 radical (unpaired) electrons. The summed E-state index contributed by atoms with van der Waals surface area (Å²) in [5.41, 5.74) is 3.45. The van der Waals surface area contributed by atoms with Gasteiger partial charge in [-0.1, -0.05) is 75.8 Å². The van der Waals surface area contributed by atoms with Crippen LogP contribution in [-0.4, -0.2) is 0 Å². The van der Waals surface area contributed by atoms with E-state index in [9.17, 15) is 13.2 Å². The van der Waals surface area contributed by atoms with Crippen LogP contribution in [0.3, 0.4) is 0 Å². The summed E-state index contributed by atoms with van der Waals surface area (Å²) < 4.78 is 40.4. The number of hydrogen-bond donors (Lipinski definition) is 0. The number of allylic oxidation sites excluding steroid dienone is 1. The van der Waals surface area contributed by atoms with Crippen LogP contribution in [0.1, 0.15) is 114 Å². The van der Waals surface area contributed by atoms with Crippen molar-refractivity contribution in [3.8, 4) is 0 Å². The Morgan fingerprint density at radius 3 is 1.94 bits per heavy atom. The predicted octanol–water partition coefficient (Wildman–Crippen LogP) is 10.3. The summed E-state index contributed by atoms with van der Waals surface area (Å²) in [6.07, 6.45) is 18.6. The average Bonchev–Trinajstić information content (AvgIpc) is 2.88. The second kappa shape index (κ2) is 12.3. The molecule has 0 unspecified atom stereocenters. The Bertz CT molecular complexity index is 951. The van der Waals surface area contributed by atoms with Crippen molar-refractivity contribution in [3.05, 3.63) is 70.5 Å². The molecule has 0 heterocycles. The maximum absolute atomic E-state index is 13.6. The van der Waals surface area contributed by atoms with Gasteiger partial charge < -0.3 is 0 Å². The maximum Gasteiger partial charge on any atom is 0.194 e. The molecule has 35 heavy (non-hydrogen) atoms. The van der Waals surface area contributed by atoms with E-state index >= 15 is 0 Å². The molecule has 0 atom stereocenters. The quantitative estimate of drug-likeness (QED) is 0.199. The van der Waals surface area contributed by atoms with Crippen molar-refractivity contribution in [1.29, 1.82) is 0 Å². The third-order valence-electron chi connectivity index (χ3n) is 8.78. The van der Waals surface area contributed by atoms with E-state index in [2.05, 4.69) is 31.2 Å². The van der Waals surface area contributed by atoms with E-state index in [-0.39, 0.29) is 0 Å². The normalized spacial score (nSPS) is 25.6. The van der Waals surface area contributed by atoms with Crippen LogP contribution in [0.15, 0.2) is 36.4 Å². The molecule has 0 aromatic heterocycles. The van der Waals surface area contributed by atoms with Crippen molar-refractivity contribution in [3.63, 3.8) is 0 Å². The zero-order valence-corrected chi connectivity index (χ0v) is 21.5. The van der Waals surface area contributed by atoms with Crippen molar-refractivity contribution in [2.45, 2.75) is 96.8 Å². The van der Waals surface area contributed by atoms with Crippen molar-refractivity contribution >= 4 is 11.6 Å². The highest BCUT2D eigenvalue weighted by Gasteiger charge is 2.31. The summed E-state index contributed by atoms with van der Waals surface area (Å²) in [7, 11) is 0. The smallest absolute Gasteiger partial charge is 0.194 e. The molecule has 2 aromatic rings. The van der Waals surface area contributed by atoms with E-state index in [0.29, 0.717) is 17.1 Å². The molecule has 4 rings (SSSR count). The van der Waals surface area contributed by atoms with E-state index in [4.69, 9.17) is 0 Å². The zero-order valence-electron chi connectivity index (χ0n) is 21.5. The summed E-state index contributed by atoms with van der Waals surface area (Å²) in [6.45, 7) is 4.09. The van der Waals surface area contributed by atoms with E-state index in [1.165, 1.54) is 82.6 Å². The molecule has 2 aromatic carbocycles. The van der Waals surface area contributed by atoms with Crippen molar-refractivity contribution in [2.24, 2.45) is 17.8 Å². The van der Waals surface area contributed by atoms with Gasteiger partial charge in [0.2, 0.25) is 0 Å². The van der Waals surface area contributed by atoms with Gasteiger partial charge in [-0.25, -0.2) is 13.2 Å². The van der Waals surface area contributed by atoms with Crippen molar-refractivity contribution < 1.29 is 13.2 Å². The number of hydrogen-bond acceptors (Lipinski definition) is 0. The molecule has 0 N–H and O–H groups in total. The van der Waals surface area contributed by atoms with Gasteiger partial charge in [0.15, 0.2) is 17.5 Å². The monoisotopic (exact) mass is 482 g/mol. The van der Waals surface area contributed by atoms with Crippen LogP contribution in [0.2, 0.25) is 0 Å². The van der Waals surface area contributed by atoms with Gasteiger partial charge in [-0.2, -0.15) is 0 Å². The van der Waals surface area contributed by atoms with Gasteiger partial charge in [-0.05, 0) is 104 Å². The second-order valence-corrected chi connectivity index (χ2v) is 11.1. The molecule has 0 saturated heterocycles. The minimum Gasteiger partial charge on any atom is -0.204 e. The molecule has 2 aliphatic carbocycles. The Labute approximate surface area is 210 Å². The first-order chi connectivity index (χ1) is 16.9. The fourth-order valence-corrected chi connectivity index (χ4v) is 6.54. The summed E-state index contributed by atoms with van der Waals surface area (Å²) in [6, 6.07) is 10.7. The van der Waals surface area contributed by atoms with E-state index in [1.54, 1.807) is 6.92 Å². The predicted molar refractivity (Wildman–Crippen MR) is 141 cm³/mol. The molecule has 190 valence electrons. The molecule has 0 nitrogen and oxygen atoms in total. The lowest BCUT2D eigenvalue weighted by Crippen LogP contribution is -2.25. The van der Waals surface area contributed by atoms with Gasteiger partial charge in [0.1, 0.15) is 0 Å². The molecular weight excluding hydrogens is 441 g/mol. The number of unbranched alkanes of at least 4 members (excludes halogenated alkanes) is 2. The fourth-order valence-electron chi connectivity index (χ4n) is 6.54. The van der Waals surface area contributed by atoms with Crippen LogP contribution >= 0.6 is 0 Å². The molecule has 2 aliphatic rings. The molecule has 2 saturated carbocycles. The van der Waals surface area contributed by atoms with Crippen LogP contribution in [0.4, 0.5) is 13.2 Å². The van der Waals surface area contributed by atoms with Crippen molar-refractivity contribution in [2.75, 3.05) is 0 Å². The van der Waals surface area contributed by atoms with Gasteiger partial charge in [0.25, 0.3) is 0 Å². The third kappa shape index (κ3) is 6.80. The molecule has 0 amide bonds. The highest BCUT2D eigenvalue weighted by Crippen LogP contribution is 2.44. The molecular formula is C32H41F3.